The maximum atomic E-state index is 6.29. The van der Waals surface area contributed by atoms with Crippen LogP contribution in [0.4, 0.5) is 0 Å². The lowest BCUT2D eigenvalue weighted by Crippen LogP contribution is -2.00. The molecular weight excluding hydrogens is 350 g/mol. The van der Waals surface area contributed by atoms with Crippen molar-refractivity contribution < 1.29 is 0 Å². The van der Waals surface area contributed by atoms with Gasteiger partial charge in [-0.05, 0) is 31.5 Å². The molecule has 0 aliphatic heterocycles. The van der Waals surface area contributed by atoms with Gasteiger partial charge < -0.3 is 0 Å². The molecule has 0 saturated heterocycles. The Bertz CT molecular complexity index is 810. The molecule has 0 radical (unpaired) electrons. The van der Waals surface area contributed by atoms with Crippen molar-refractivity contribution in [3.63, 3.8) is 0 Å². The summed E-state index contributed by atoms with van der Waals surface area (Å²) in [7, 11) is 0. The van der Waals surface area contributed by atoms with Crippen LogP contribution in [0.5, 0.6) is 0 Å². The molecule has 0 amide bonds. The standard InChI is InChI=1S/C16H13BrClN3/c1-3-10-9(2)20-16(21-15(10)18)12-6-7-13(17)11-5-4-8-19-14(11)12/h4-8H,3H2,1-2H3. The number of halogens is 2. The summed E-state index contributed by atoms with van der Waals surface area (Å²) in [5.74, 6) is 0.617. The van der Waals surface area contributed by atoms with E-state index < -0.39 is 0 Å². The van der Waals surface area contributed by atoms with Gasteiger partial charge in [-0.2, -0.15) is 0 Å². The van der Waals surface area contributed by atoms with Gasteiger partial charge in [-0.1, -0.05) is 40.5 Å². The van der Waals surface area contributed by atoms with Crippen LogP contribution >= 0.6 is 27.5 Å². The van der Waals surface area contributed by atoms with Crippen molar-refractivity contribution in [3.8, 4) is 11.4 Å². The largest absolute Gasteiger partial charge is 0.255 e. The smallest absolute Gasteiger partial charge is 0.163 e. The maximum absolute atomic E-state index is 6.29. The number of hydrogen-bond acceptors (Lipinski definition) is 3. The SMILES string of the molecule is CCc1c(C)nc(-c2ccc(Br)c3cccnc23)nc1Cl. The van der Waals surface area contributed by atoms with Gasteiger partial charge in [0.1, 0.15) is 5.15 Å². The summed E-state index contributed by atoms with van der Waals surface area (Å²) >= 11 is 9.83. The molecule has 5 heteroatoms. The van der Waals surface area contributed by atoms with Crippen LogP contribution in [0, 0.1) is 6.92 Å². The molecule has 0 bridgehead atoms. The fourth-order valence-corrected chi connectivity index (χ4v) is 3.20. The molecule has 0 fully saturated rings. The van der Waals surface area contributed by atoms with Gasteiger partial charge in [0.05, 0.1) is 5.52 Å². The summed E-state index contributed by atoms with van der Waals surface area (Å²) in [6.07, 6.45) is 2.59. The van der Waals surface area contributed by atoms with Crippen molar-refractivity contribution >= 4 is 38.4 Å². The van der Waals surface area contributed by atoms with Crippen LogP contribution in [0.25, 0.3) is 22.3 Å². The average molecular weight is 363 g/mol. The number of aryl methyl sites for hydroxylation is 1. The Kier molecular flexibility index (Phi) is 3.91. The Morgan fingerprint density at radius 2 is 2.00 bits per heavy atom. The molecule has 0 atom stereocenters. The number of fused-ring (bicyclic) bond motifs is 1. The zero-order valence-corrected chi connectivity index (χ0v) is 14.0. The second kappa shape index (κ2) is 5.70. The molecule has 2 heterocycles. The van der Waals surface area contributed by atoms with Crippen LogP contribution in [-0.2, 0) is 6.42 Å². The fourth-order valence-electron chi connectivity index (χ4n) is 2.40. The Morgan fingerprint density at radius 1 is 1.19 bits per heavy atom. The first-order chi connectivity index (χ1) is 10.1. The van der Waals surface area contributed by atoms with Crippen molar-refractivity contribution in [2.24, 2.45) is 0 Å². The summed E-state index contributed by atoms with van der Waals surface area (Å²) in [4.78, 5) is 13.5. The van der Waals surface area contributed by atoms with E-state index in [0.717, 1.165) is 38.6 Å². The van der Waals surface area contributed by atoms with E-state index in [1.54, 1.807) is 6.20 Å². The quantitative estimate of drug-likeness (QED) is 0.604. The molecule has 106 valence electrons. The summed E-state index contributed by atoms with van der Waals surface area (Å²) < 4.78 is 1.00. The van der Waals surface area contributed by atoms with Crippen molar-refractivity contribution in [2.45, 2.75) is 20.3 Å². The number of nitrogens with zero attached hydrogens (tertiary/aromatic N) is 3. The van der Waals surface area contributed by atoms with E-state index in [4.69, 9.17) is 11.6 Å². The van der Waals surface area contributed by atoms with E-state index in [-0.39, 0.29) is 0 Å². The molecule has 2 aromatic heterocycles. The fraction of sp³-hybridized carbons (Fsp3) is 0.188. The van der Waals surface area contributed by atoms with E-state index >= 15 is 0 Å². The molecule has 3 nitrogen and oxygen atoms in total. The van der Waals surface area contributed by atoms with Gasteiger partial charge >= 0.3 is 0 Å². The van der Waals surface area contributed by atoms with Crippen molar-refractivity contribution in [3.05, 3.63) is 51.3 Å². The molecule has 0 spiro atoms. The van der Waals surface area contributed by atoms with Crippen LogP contribution in [0.2, 0.25) is 5.15 Å². The van der Waals surface area contributed by atoms with E-state index in [1.165, 1.54) is 0 Å². The number of pyridine rings is 1. The molecule has 1 aromatic carbocycles. The topological polar surface area (TPSA) is 38.7 Å². The van der Waals surface area contributed by atoms with Gasteiger partial charge in [0.25, 0.3) is 0 Å². The first kappa shape index (κ1) is 14.4. The lowest BCUT2D eigenvalue weighted by Gasteiger charge is -2.10. The highest BCUT2D eigenvalue weighted by molar-refractivity contribution is 9.10. The minimum absolute atomic E-state index is 0.520. The lowest BCUT2D eigenvalue weighted by atomic mass is 10.1. The Balaban J connectivity index is 2.29. The van der Waals surface area contributed by atoms with Crippen molar-refractivity contribution in [2.75, 3.05) is 0 Å². The second-order valence-corrected chi connectivity index (χ2v) is 5.96. The molecule has 0 unspecified atom stereocenters. The third-order valence-corrected chi connectivity index (χ3v) is 4.48. The van der Waals surface area contributed by atoms with Gasteiger partial charge in [-0.3, -0.25) is 4.98 Å². The summed E-state index contributed by atoms with van der Waals surface area (Å²) in [5.41, 5.74) is 3.67. The molecule has 0 aliphatic carbocycles. The van der Waals surface area contributed by atoms with Crippen LogP contribution in [0.3, 0.4) is 0 Å². The first-order valence-corrected chi connectivity index (χ1v) is 7.85. The van der Waals surface area contributed by atoms with Gasteiger partial charge in [-0.25, -0.2) is 9.97 Å². The summed E-state index contributed by atoms with van der Waals surface area (Å²) in [6.45, 7) is 4.01. The van der Waals surface area contributed by atoms with E-state index in [1.807, 2.05) is 38.1 Å². The molecule has 0 N–H and O–H groups in total. The van der Waals surface area contributed by atoms with Crippen molar-refractivity contribution in [1.82, 2.24) is 15.0 Å². The van der Waals surface area contributed by atoms with E-state index in [9.17, 15) is 0 Å². The highest BCUT2D eigenvalue weighted by Gasteiger charge is 2.13. The lowest BCUT2D eigenvalue weighted by molar-refractivity contribution is 1.00. The van der Waals surface area contributed by atoms with E-state index in [0.29, 0.717) is 11.0 Å². The number of hydrogen-bond donors (Lipinski definition) is 0. The first-order valence-electron chi connectivity index (χ1n) is 6.68. The van der Waals surface area contributed by atoms with Gasteiger partial charge in [0, 0.05) is 32.9 Å². The van der Waals surface area contributed by atoms with Gasteiger partial charge in [0.15, 0.2) is 5.82 Å². The molecule has 0 saturated carbocycles. The molecule has 0 aliphatic rings. The number of rotatable bonds is 2. The zero-order valence-electron chi connectivity index (χ0n) is 11.7. The van der Waals surface area contributed by atoms with Gasteiger partial charge in [0.2, 0.25) is 0 Å². The normalized spacial score (nSPS) is 11.0. The summed E-state index contributed by atoms with van der Waals surface area (Å²) in [6, 6.07) is 7.89. The monoisotopic (exact) mass is 361 g/mol. The number of aromatic nitrogens is 3. The predicted octanol–water partition coefficient (Wildman–Crippen LogP) is 4.98. The second-order valence-electron chi connectivity index (χ2n) is 4.75. The third kappa shape index (κ3) is 2.54. The highest BCUT2D eigenvalue weighted by Crippen LogP contribution is 2.31. The maximum Gasteiger partial charge on any atom is 0.163 e. The molecule has 3 aromatic rings. The van der Waals surface area contributed by atoms with E-state index in [2.05, 4.69) is 30.9 Å². The minimum atomic E-state index is 0.520. The van der Waals surface area contributed by atoms with Crippen LogP contribution < -0.4 is 0 Å². The Labute approximate surface area is 136 Å². The van der Waals surface area contributed by atoms with Gasteiger partial charge in [-0.15, -0.1) is 0 Å². The van der Waals surface area contributed by atoms with Crippen LogP contribution in [0.1, 0.15) is 18.2 Å². The summed E-state index contributed by atoms with van der Waals surface area (Å²) in [5, 5.41) is 1.55. The average Bonchev–Trinajstić information content (AvgIpc) is 2.47. The predicted molar refractivity (Wildman–Crippen MR) is 89.6 cm³/mol. The molecule has 3 rings (SSSR count). The molecule has 21 heavy (non-hydrogen) atoms. The third-order valence-electron chi connectivity index (χ3n) is 3.47. The zero-order chi connectivity index (χ0) is 15.0. The Hall–Kier alpha value is -1.52. The van der Waals surface area contributed by atoms with Crippen molar-refractivity contribution in [1.29, 1.82) is 0 Å². The number of benzene rings is 1. The highest BCUT2D eigenvalue weighted by atomic mass is 79.9. The van der Waals surface area contributed by atoms with Crippen LogP contribution in [0.15, 0.2) is 34.9 Å². The minimum Gasteiger partial charge on any atom is -0.255 e. The molecular formula is C16H13BrClN3. The Morgan fingerprint density at radius 3 is 2.71 bits per heavy atom. The van der Waals surface area contributed by atoms with Crippen LogP contribution in [-0.4, -0.2) is 15.0 Å².